The highest BCUT2D eigenvalue weighted by Crippen LogP contribution is 2.13. The molecule has 0 aliphatic heterocycles. The fourth-order valence-electron chi connectivity index (χ4n) is 6.60. The number of rotatable bonds is 44. The van der Waals surface area contributed by atoms with Crippen molar-refractivity contribution in [3.63, 3.8) is 0 Å². The number of unbranched alkanes of at least 4 members (excludes halogenated alkanes) is 20. The molecule has 0 bridgehead atoms. The summed E-state index contributed by atoms with van der Waals surface area (Å²) in [5.41, 5.74) is 0. The van der Waals surface area contributed by atoms with Crippen molar-refractivity contribution >= 4 is 17.9 Å². The summed E-state index contributed by atoms with van der Waals surface area (Å²) in [4.78, 5) is 37.8. The normalized spacial score (nSPS) is 12.8. The van der Waals surface area contributed by atoms with E-state index in [0.717, 1.165) is 103 Å². The quantitative estimate of drug-likeness (QED) is 0.0200. The Kier molecular flexibility index (Phi) is 46.5. The Morgan fingerprint density at radius 2 is 0.705 bits per heavy atom. The van der Waals surface area contributed by atoms with Crippen LogP contribution in [0, 0.1) is 0 Å². The predicted octanol–water partition coefficient (Wildman–Crippen LogP) is 16.4. The maximum atomic E-state index is 12.8. The van der Waals surface area contributed by atoms with Crippen LogP contribution in [0.2, 0.25) is 0 Å². The fraction of sp³-hybridized carbons (Fsp3) is 0.691. The fourth-order valence-corrected chi connectivity index (χ4v) is 6.60. The molecular weight excluding hydrogens is 757 g/mol. The molecule has 1 atom stereocenters. The molecule has 0 aromatic heterocycles. The van der Waals surface area contributed by atoms with Crippen LogP contribution in [0.25, 0.3) is 0 Å². The van der Waals surface area contributed by atoms with Crippen molar-refractivity contribution in [3.05, 3.63) is 85.1 Å². The van der Waals surface area contributed by atoms with Gasteiger partial charge in [0, 0.05) is 19.3 Å². The van der Waals surface area contributed by atoms with Crippen LogP contribution in [-0.2, 0) is 28.6 Å². The van der Waals surface area contributed by atoms with Gasteiger partial charge in [0.2, 0.25) is 0 Å². The number of ether oxygens (including phenoxy) is 3. The Bertz CT molecular complexity index is 1200. The molecule has 0 saturated heterocycles. The molecule has 6 nitrogen and oxygen atoms in total. The second-order valence-corrected chi connectivity index (χ2v) is 16.4. The lowest BCUT2D eigenvalue weighted by molar-refractivity contribution is -0.167. The van der Waals surface area contributed by atoms with E-state index in [-0.39, 0.29) is 31.1 Å². The van der Waals surface area contributed by atoms with Crippen LogP contribution in [0.1, 0.15) is 226 Å². The zero-order valence-corrected chi connectivity index (χ0v) is 39.7. The average Bonchev–Trinajstić information content (AvgIpc) is 3.26. The van der Waals surface area contributed by atoms with E-state index in [1.807, 2.05) is 0 Å². The first-order chi connectivity index (χ1) is 30.0. The number of carbonyl (C=O) groups is 3. The molecule has 0 radical (unpaired) electrons. The number of hydrogen-bond donors (Lipinski definition) is 0. The highest BCUT2D eigenvalue weighted by atomic mass is 16.6. The first kappa shape index (κ1) is 57.6. The van der Waals surface area contributed by atoms with Gasteiger partial charge in [-0.05, 0) is 103 Å². The number of hydrogen-bond acceptors (Lipinski definition) is 6. The minimum atomic E-state index is -0.798. The standard InChI is InChI=1S/C55H92O6/c1-4-7-10-13-16-19-21-23-25-26-27-28-30-31-33-36-39-42-45-48-54(57)60-51-52(50-59-53(56)47-44-41-38-35-18-15-12-9-6-3)61-55(58)49-46-43-40-37-34-32-29-24-22-20-17-14-11-8-5-2/h7,10,16-17,19-20,22-25,27-28,35,38,52H,4-6,8-9,11-15,18,21,26,29-34,36-37,39-51H2,1-3H3/b10-7-,19-16-,20-17-,24-22-,25-23-,28-27-,38-35-. The molecule has 0 aliphatic rings. The van der Waals surface area contributed by atoms with E-state index in [9.17, 15) is 14.4 Å². The van der Waals surface area contributed by atoms with Crippen LogP contribution in [0.15, 0.2) is 85.1 Å². The van der Waals surface area contributed by atoms with E-state index in [4.69, 9.17) is 14.2 Å². The summed E-state index contributed by atoms with van der Waals surface area (Å²) in [6.07, 6.45) is 62.9. The second-order valence-electron chi connectivity index (χ2n) is 16.4. The third-order valence-electron chi connectivity index (χ3n) is 10.4. The maximum Gasteiger partial charge on any atom is 0.306 e. The minimum Gasteiger partial charge on any atom is -0.462 e. The molecule has 0 aromatic rings. The number of allylic oxidation sites excluding steroid dienone is 14. The first-order valence-electron chi connectivity index (χ1n) is 25.1. The molecule has 348 valence electrons. The van der Waals surface area contributed by atoms with Crippen molar-refractivity contribution in [1.82, 2.24) is 0 Å². The summed E-state index contributed by atoms with van der Waals surface area (Å²) >= 11 is 0. The van der Waals surface area contributed by atoms with Crippen molar-refractivity contribution in [3.8, 4) is 0 Å². The van der Waals surface area contributed by atoms with Crippen LogP contribution in [-0.4, -0.2) is 37.2 Å². The van der Waals surface area contributed by atoms with E-state index in [2.05, 4.69) is 106 Å². The zero-order chi connectivity index (χ0) is 44.4. The highest BCUT2D eigenvalue weighted by molar-refractivity contribution is 5.71. The summed E-state index contributed by atoms with van der Waals surface area (Å²) in [6, 6.07) is 0. The van der Waals surface area contributed by atoms with Gasteiger partial charge < -0.3 is 14.2 Å². The second kappa shape index (κ2) is 49.2. The molecule has 0 fully saturated rings. The Hall–Kier alpha value is -3.41. The van der Waals surface area contributed by atoms with Gasteiger partial charge in [-0.25, -0.2) is 0 Å². The Labute approximate surface area is 375 Å². The minimum absolute atomic E-state index is 0.0982. The number of carbonyl (C=O) groups excluding carboxylic acids is 3. The molecule has 0 rings (SSSR count). The Morgan fingerprint density at radius 3 is 1.21 bits per heavy atom. The average molecular weight is 849 g/mol. The van der Waals surface area contributed by atoms with Gasteiger partial charge >= 0.3 is 17.9 Å². The molecule has 6 heteroatoms. The van der Waals surface area contributed by atoms with Crippen molar-refractivity contribution in [2.45, 2.75) is 232 Å². The predicted molar refractivity (Wildman–Crippen MR) is 261 cm³/mol. The van der Waals surface area contributed by atoms with Gasteiger partial charge in [-0.2, -0.15) is 0 Å². The van der Waals surface area contributed by atoms with Crippen LogP contribution in [0.5, 0.6) is 0 Å². The van der Waals surface area contributed by atoms with E-state index < -0.39 is 6.10 Å². The van der Waals surface area contributed by atoms with Crippen molar-refractivity contribution in [2.75, 3.05) is 13.2 Å². The van der Waals surface area contributed by atoms with E-state index in [1.165, 1.54) is 77.0 Å². The SMILES string of the molecule is CC/C=C\C/C=C\C/C=C\C/C=C\CCCCCCCCC(=O)OCC(COC(=O)CCC/C=C\CCCCCC)OC(=O)CCCCCCCC/C=C\C=C/CCCCC. The van der Waals surface area contributed by atoms with Crippen molar-refractivity contribution in [2.24, 2.45) is 0 Å². The summed E-state index contributed by atoms with van der Waals surface area (Å²) in [7, 11) is 0. The molecule has 0 N–H and O–H groups in total. The molecule has 0 aromatic carbocycles. The van der Waals surface area contributed by atoms with Gasteiger partial charge in [0.25, 0.3) is 0 Å². The van der Waals surface area contributed by atoms with E-state index >= 15 is 0 Å². The number of esters is 3. The molecular formula is C55H92O6. The lowest BCUT2D eigenvalue weighted by Crippen LogP contribution is -2.30. The van der Waals surface area contributed by atoms with Crippen LogP contribution in [0.4, 0.5) is 0 Å². The molecule has 0 heterocycles. The smallest absolute Gasteiger partial charge is 0.306 e. The Balaban J connectivity index is 4.39. The third-order valence-corrected chi connectivity index (χ3v) is 10.4. The van der Waals surface area contributed by atoms with Crippen LogP contribution in [0.3, 0.4) is 0 Å². The third kappa shape index (κ3) is 47.5. The van der Waals surface area contributed by atoms with Gasteiger partial charge in [-0.15, -0.1) is 0 Å². The van der Waals surface area contributed by atoms with Gasteiger partial charge in [0.05, 0.1) is 0 Å². The lowest BCUT2D eigenvalue weighted by Gasteiger charge is -2.18. The topological polar surface area (TPSA) is 78.9 Å². The zero-order valence-electron chi connectivity index (χ0n) is 39.7. The summed E-state index contributed by atoms with van der Waals surface area (Å²) < 4.78 is 16.7. The first-order valence-corrected chi connectivity index (χ1v) is 25.1. The maximum absolute atomic E-state index is 12.8. The summed E-state index contributed by atoms with van der Waals surface area (Å²) in [5, 5.41) is 0. The van der Waals surface area contributed by atoms with Gasteiger partial charge in [-0.3, -0.25) is 14.4 Å². The van der Waals surface area contributed by atoms with Gasteiger partial charge in [0.15, 0.2) is 6.10 Å². The van der Waals surface area contributed by atoms with E-state index in [1.54, 1.807) is 0 Å². The molecule has 61 heavy (non-hydrogen) atoms. The molecule has 0 saturated carbocycles. The summed E-state index contributed by atoms with van der Waals surface area (Å²) in [6.45, 7) is 6.40. The molecule has 0 amide bonds. The molecule has 0 spiro atoms. The highest BCUT2D eigenvalue weighted by Gasteiger charge is 2.19. The Morgan fingerprint density at radius 1 is 0.361 bits per heavy atom. The van der Waals surface area contributed by atoms with Crippen molar-refractivity contribution < 1.29 is 28.6 Å². The largest absolute Gasteiger partial charge is 0.462 e. The monoisotopic (exact) mass is 849 g/mol. The van der Waals surface area contributed by atoms with Crippen LogP contribution < -0.4 is 0 Å². The molecule has 0 aliphatic carbocycles. The summed E-state index contributed by atoms with van der Waals surface area (Å²) in [5.74, 6) is -0.963. The van der Waals surface area contributed by atoms with Gasteiger partial charge in [-0.1, -0.05) is 189 Å². The molecule has 1 unspecified atom stereocenters. The van der Waals surface area contributed by atoms with E-state index in [0.29, 0.717) is 25.7 Å². The lowest BCUT2D eigenvalue weighted by atomic mass is 10.1. The van der Waals surface area contributed by atoms with Gasteiger partial charge in [0.1, 0.15) is 13.2 Å². The van der Waals surface area contributed by atoms with Crippen LogP contribution >= 0.6 is 0 Å². The van der Waals surface area contributed by atoms with Crippen molar-refractivity contribution in [1.29, 1.82) is 0 Å².